The van der Waals surface area contributed by atoms with Gasteiger partial charge in [0.1, 0.15) is 0 Å². The monoisotopic (exact) mass is 323 g/mol. The van der Waals surface area contributed by atoms with E-state index in [2.05, 4.69) is 0 Å². The van der Waals surface area contributed by atoms with Gasteiger partial charge in [-0.2, -0.15) is 34.8 Å². The van der Waals surface area contributed by atoms with Crippen molar-refractivity contribution in [1.82, 2.24) is 0 Å². The molecule has 0 aromatic heterocycles. The molecule has 0 aliphatic heterocycles. The molecule has 4 nitrogen and oxygen atoms in total. The lowest BCUT2D eigenvalue weighted by molar-refractivity contribution is -0.143. The van der Waals surface area contributed by atoms with E-state index >= 15 is 0 Å². The topological polar surface area (TPSA) is 80.4 Å². The Kier molecular flexibility index (Phi) is 4.09. The molecule has 0 fully saturated rings. The first-order valence-electron chi connectivity index (χ1n) is 4.74. The first-order chi connectivity index (χ1) is 8.73. The lowest BCUT2D eigenvalue weighted by atomic mass is 10.0. The van der Waals surface area contributed by atoms with Crippen LogP contribution in [0.5, 0.6) is 0 Å². The largest absolute Gasteiger partial charge is 0.416 e. The van der Waals surface area contributed by atoms with Crippen LogP contribution in [0.15, 0.2) is 18.2 Å². The first-order valence-corrected chi connectivity index (χ1v) is 6.24. The molecule has 0 aliphatic rings. The lowest BCUT2D eigenvalue weighted by Gasteiger charge is -2.16. The van der Waals surface area contributed by atoms with Gasteiger partial charge in [0.25, 0.3) is 10.1 Å². The Labute approximate surface area is 108 Å². The van der Waals surface area contributed by atoms with Crippen LogP contribution >= 0.6 is 0 Å². The molecular weight excluding hydrogens is 316 g/mol. The molecule has 0 saturated carbocycles. The van der Waals surface area contributed by atoms with Crippen molar-refractivity contribution >= 4 is 10.1 Å². The van der Waals surface area contributed by atoms with Gasteiger partial charge in [-0.15, -0.1) is 0 Å². The Morgan fingerprint density at radius 1 is 0.950 bits per heavy atom. The first kappa shape index (κ1) is 16.7. The van der Waals surface area contributed by atoms with Gasteiger partial charge in [-0.3, -0.25) is 4.55 Å². The summed E-state index contributed by atoms with van der Waals surface area (Å²) in [7, 11) is -5.04. The van der Waals surface area contributed by atoms with Crippen molar-refractivity contribution in [1.29, 1.82) is 0 Å². The molecule has 114 valence electrons. The molecule has 0 spiro atoms. The van der Waals surface area contributed by atoms with Crippen molar-refractivity contribution < 1.29 is 39.3 Å². The minimum Gasteiger partial charge on any atom is -0.309 e. The molecule has 0 heterocycles. The van der Waals surface area contributed by atoms with Gasteiger partial charge in [-0.1, -0.05) is 0 Å². The van der Waals surface area contributed by atoms with Crippen LogP contribution in [0.4, 0.5) is 26.3 Å². The fraction of sp³-hybridized carbons (Fsp3) is 0.333. The molecule has 11 heteroatoms. The van der Waals surface area contributed by atoms with Gasteiger partial charge in [-0.25, -0.2) is 0 Å². The molecule has 1 rings (SSSR count). The maximum atomic E-state index is 12.5. The van der Waals surface area contributed by atoms with Gasteiger partial charge < -0.3 is 5.73 Å². The number of benzene rings is 1. The average Bonchev–Trinajstić information content (AvgIpc) is 2.23. The molecule has 3 N–H and O–H groups in total. The average molecular weight is 323 g/mol. The van der Waals surface area contributed by atoms with E-state index in [9.17, 15) is 34.8 Å². The van der Waals surface area contributed by atoms with Gasteiger partial charge in [0.05, 0.1) is 11.1 Å². The number of hydrogen-bond donors (Lipinski definition) is 2. The number of hydrogen-bond acceptors (Lipinski definition) is 3. The van der Waals surface area contributed by atoms with Crippen LogP contribution in [0.2, 0.25) is 0 Å². The smallest absolute Gasteiger partial charge is 0.309 e. The number of rotatable bonds is 2. The zero-order valence-corrected chi connectivity index (χ0v) is 10.1. The number of alkyl halides is 6. The quantitative estimate of drug-likeness (QED) is 0.647. The highest BCUT2D eigenvalue weighted by Crippen LogP contribution is 2.37. The van der Waals surface area contributed by atoms with E-state index in [1.54, 1.807) is 0 Å². The molecule has 20 heavy (non-hydrogen) atoms. The van der Waals surface area contributed by atoms with Crippen LogP contribution in [0.1, 0.15) is 22.1 Å². The molecule has 0 bridgehead atoms. The lowest BCUT2D eigenvalue weighted by Crippen LogP contribution is -2.22. The summed E-state index contributed by atoms with van der Waals surface area (Å²) in [6.45, 7) is 0. The molecule has 0 aliphatic carbocycles. The summed E-state index contributed by atoms with van der Waals surface area (Å²) in [4.78, 5) is 0. The van der Waals surface area contributed by atoms with Crippen molar-refractivity contribution in [3.8, 4) is 0 Å². The maximum Gasteiger partial charge on any atom is 0.416 e. The zero-order valence-electron chi connectivity index (χ0n) is 9.33. The van der Waals surface area contributed by atoms with Crippen LogP contribution in [0.25, 0.3) is 0 Å². The Morgan fingerprint density at radius 2 is 1.30 bits per heavy atom. The van der Waals surface area contributed by atoms with Crippen molar-refractivity contribution in [2.24, 2.45) is 5.73 Å². The third kappa shape index (κ3) is 3.84. The molecule has 1 unspecified atom stereocenters. The van der Waals surface area contributed by atoms with Gasteiger partial charge >= 0.3 is 12.4 Å². The minimum atomic E-state index is -5.13. The van der Waals surface area contributed by atoms with Crippen molar-refractivity contribution in [3.05, 3.63) is 34.9 Å². The summed E-state index contributed by atoms with van der Waals surface area (Å²) in [6.07, 6.45) is -10.3. The minimum absolute atomic E-state index is 0.133. The predicted molar refractivity (Wildman–Crippen MR) is 54.9 cm³/mol. The van der Waals surface area contributed by atoms with Crippen molar-refractivity contribution in [3.63, 3.8) is 0 Å². The summed E-state index contributed by atoms with van der Waals surface area (Å²) in [5.41, 5.74) is 0.463. The standard InChI is InChI=1S/C9H7F6NO3S/c10-8(11,12)5-1-4(7(16)20(17,18)19)2-6(3-5)9(13,14)15/h1-3,7H,16H2,(H,17,18,19). The number of nitrogens with two attached hydrogens (primary N) is 1. The van der Waals surface area contributed by atoms with Crippen LogP contribution in [-0.4, -0.2) is 13.0 Å². The molecule has 1 aromatic rings. The molecule has 0 saturated heterocycles. The fourth-order valence-electron chi connectivity index (χ4n) is 1.32. The highest BCUT2D eigenvalue weighted by molar-refractivity contribution is 7.86. The van der Waals surface area contributed by atoms with Crippen LogP contribution in [0.3, 0.4) is 0 Å². The van der Waals surface area contributed by atoms with E-state index in [-0.39, 0.29) is 18.2 Å². The highest BCUT2D eigenvalue weighted by atomic mass is 32.2. The highest BCUT2D eigenvalue weighted by Gasteiger charge is 2.38. The van der Waals surface area contributed by atoms with Gasteiger partial charge in [0, 0.05) is 0 Å². The predicted octanol–water partition coefficient (Wildman–Crippen LogP) is 2.57. The normalized spacial score (nSPS) is 15.2. The fourth-order valence-corrected chi connectivity index (χ4v) is 1.80. The van der Waals surface area contributed by atoms with E-state index < -0.39 is 44.5 Å². The second-order valence-corrected chi connectivity index (χ2v) is 5.31. The van der Waals surface area contributed by atoms with E-state index in [4.69, 9.17) is 10.3 Å². The third-order valence-electron chi connectivity index (χ3n) is 2.26. The summed E-state index contributed by atoms with van der Waals surface area (Å²) < 4.78 is 105. The summed E-state index contributed by atoms with van der Waals surface area (Å²) in [6, 6.07) is 0.0849. The van der Waals surface area contributed by atoms with Crippen molar-refractivity contribution in [2.45, 2.75) is 17.7 Å². The van der Waals surface area contributed by atoms with E-state index in [1.165, 1.54) is 0 Å². The zero-order chi connectivity index (χ0) is 15.9. The summed E-state index contributed by atoms with van der Waals surface area (Å²) >= 11 is 0. The van der Waals surface area contributed by atoms with E-state index in [1.807, 2.05) is 0 Å². The summed E-state index contributed by atoms with van der Waals surface area (Å²) in [5.74, 6) is 0. The third-order valence-corrected chi connectivity index (χ3v) is 3.17. The molecule has 0 radical (unpaired) electrons. The van der Waals surface area contributed by atoms with Gasteiger partial charge in [-0.05, 0) is 23.8 Å². The van der Waals surface area contributed by atoms with Crippen LogP contribution in [0, 0.1) is 0 Å². The van der Waals surface area contributed by atoms with Crippen LogP contribution < -0.4 is 5.73 Å². The summed E-state index contributed by atoms with van der Waals surface area (Å²) in [5, 5.41) is -2.41. The second-order valence-electron chi connectivity index (χ2n) is 3.77. The molecule has 0 amide bonds. The molecular formula is C9H7F6NO3S. The van der Waals surface area contributed by atoms with Gasteiger partial charge in [0.2, 0.25) is 0 Å². The van der Waals surface area contributed by atoms with Gasteiger partial charge in [0.15, 0.2) is 5.37 Å². The Balaban J connectivity index is 3.55. The Hall–Kier alpha value is -1.33. The van der Waals surface area contributed by atoms with E-state index in [0.717, 1.165) is 0 Å². The maximum absolute atomic E-state index is 12.5. The Morgan fingerprint density at radius 3 is 1.55 bits per heavy atom. The van der Waals surface area contributed by atoms with E-state index in [0.29, 0.717) is 0 Å². The Bertz CT molecular complexity index is 575. The molecule has 1 atom stereocenters. The SMILES string of the molecule is NC(c1cc(C(F)(F)F)cc(C(F)(F)F)c1)S(=O)(=O)O. The number of halogens is 6. The van der Waals surface area contributed by atoms with Crippen molar-refractivity contribution in [2.75, 3.05) is 0 Å². The second kappa shape index (κ2) is 4.90. The van der Waals surface area contributed by atoms with Crippen LogP contribution in [-0.2, 0) is 22.5 Å². The molecule has 1 aromatic carbocycles.